The first-order valence-electron chi connectivity index (χ1n) is 35.0. The number of aromatic nitrogens is 12. The van der Waals surface area contributed by atoms with E-state index < -0.39 is 0 Å². The summed E-state index contributed by atoms with van der Waals surface area (Å²) < 4.78 is 28.5. The van der Waals surface area contributed by atoms with Crippen LogP contribution in [0.1, 0.15) is 56.7 Å². The number of methoxy groups -OCH3 is 1. The van der Waals surface area contributed by atoms with Crippen LogP contribution in [0.15, 0.2) is 207 Å². The predicted octanol–water partition coefficient (Wildman–Crippen LogP) is 12.0. The highest BCUT2D eigenvalue weighted by atomic mass is 16.5. The van der Waals surface area contributed by atoms with Crippen molar-refractivity contribution in [1.82, 2.24) is 78.8 Å². The minimum Gasteiger partial charge on any atom is -0.457 e. The molecule has 0 aliphatic carbocycles. The molecule has 6 aromatic carbocycles. The molecule has 26 nitrogen and oxygen atoms in total. The molecule has 0 spiro atoms. The topological polar surface area (TPSA) is 310 Å². The van der Waals surface area contributed by atoms with Crippen LogP contribution in [0, 0.1) is 12.3 Å². The number of likely N-dealkylation sites (tertiary alicyclic amines) is 3. The number of hydrogen-bond acceptors (Lipinski definition) is 20. The number of anilines is 3. The highest BCUT2D eigenvalue weighted by Crippen LogP contribution is 2.40. The highest BCUT2D eigenvalue weighted by molar-refractivity contribution is 6.00. The lowest BCUT2D eigenvalue weighted by atomic mass is 10.1. The van der Waals surface area contributed by atoms with Crippen molar-refractivity contribution in [2.75, 3.05) is 90.8 Å². The van der Waals surface area contributed by atoms with Crippen LogP contribution in [0.5, 0.6) is 34.5 Å². The van der Waals surface area contributed by atoms with Crippen LogP contribution in [-0.4, -0.2) is 170 Å². The largest absolute Gasteiger partial charge is 0.457 e. The van der Waals surface area contributed by atoms with Gasteiger partial charge < -0.3 is 55.7 Å². The Kier molecular flexibility index (Phi) is 22.6. The molecule has 0 radical (unpaired) electrons. The first-order chi connectivity index (χ1) is 51.8. The number of ether oxygens (including phenoxy) is 4. The number of benzene rings is 6. The number of para-hydroxylation sites is 3. The predicted molar refractivity (Wildman–Crippen MR) is 407 cm³/mol. The Hall–Kier alpha value is -12.9. The zero-order valence-electron chi connectivity index (χ0n) is 59.1. The van der Waals surface area contributed by atoms with E-state index in [9.17, 15) is 14.4 Å². The lowest BCUT2D eigenvalue weighted by Gasteiger charge is -2.31. The third kappa shape index (κ3) is 16.8. The number of rotatable bonds is 18. The number of nitrogens with two attached hydrogens (primary N) is 3. The Balaban J connectivity index is 0.000000141. The quantitative estimate of drug-likeness (QED) is 0.0531. The zero-order valence-corrected chi connectivity index (χ0v) is 59.1. The van der Waals surface area contributed by atoms with Crippen molar-refractivity contribution in [3.8, 4) is 80.6 Å². The van der Waals surface area contributed by atoms with E-state index in [0.29, 0.717) is 80.3 Å². The van der Waals surface area contributed by atoms with Gasteiger partial charge in [0.05, 0.1) is 40.9 Å². The third-order valence-corrected chi connectivity index (χ3v) is 18.6. The van der Waals surface area contributed by atoms with Gasteiger partial charge in [0.2, 0.25) is 11.8 Å². The second-order valence-corrected chi connectivity index (χ2v) is 25.9. The maximum atomic E-state index is 12.6. The fourth-order valence-corrected chi connectivity index (χ4v) is 13.2. The lowest BCUT2D eigenvalue weighted by Crippen LogP contribution is -2.38. The van der Waals surface area contributed by atoms with Crippen LogP contribution in [0.3, 0.4) is 0 Å². The van der Waals surface area contributed by atoms with E-state index in [2.05, 4.69) is 35.8 Å². The number of amides is 3. The van der Waals surface area contributed by atoms with Crippen LogP contribution in [0.4, 0.5) is 17.5 Å². The minimum atomic E-state index is -0.274. The van der Waals surface area contributed by atoms with Crippen molar-refractivity contribution in [3.05, 3.63) is 207 Å². The Bertz CT molecular complexity index is 5100. The van der Waals surface area contributed by atoms with Gasteiger partial charge in [-0.05, 0) is 168 Å². The van der Waals surface area contributed by atoms with Gasteiger partial charge in [-0.2, -0.15) is 15.3 Å². The average Bonchev–Trinajstić information content (AvgIpc) is 1.62. The molecule has 6 N–H and O–H groups in total. The summed E-state index contributed by atoms with van der Waals surface area (Å²) in [6.45, 7) is 4.94. The molecule has 3 saturated heterocycles. The van der Waals surface area contributed by atoms with E-state index >= 15 is 0 Å². The number of likely N-dealkylation sites (N-methyl/N-ethyl adjacent to an activating group) is 1. The van der Waals surface area contributed by atoms with Gasteiger partial charge in [0.25, 0.3) is 5.91 Å². The molecule has 3 fully saturated rings. The third-order valence-electron chi connectivity index (χ3n) is 18.6. The fourth-order valence-electron chi connectivity index (χ4n) is 13.2. The van der Waals surface area contributed by atoms with Crippen molar-refractivity contribution in [2.45, 2.75) is 56.7 Å². The van der Waals surface area contributed by atoms with Gasteiger partial charge in [-0.3, -0.25) is 14.4 Å². The first-order valence-corrected chi connectivity index (χ1v) is 35.0. The van der Waals surface area contributed by atoms with Crippen LogP contribution < -0.4 is 31.4 Å². The molecule has 3 amide bonds. The van der Waals surface area contributed by atoms with Crippen LogP contribution in [-0.2, 0) is 19.1 Å². The van der Waals surface area contributed by atoms with Crippen molar-refractivity contribution in [3.63, 3.8) is 0 Å². The summed E-state index contributed by atoms with van der Waals surface area (Å²) in [5.74, 6) is 7.65. The van der Waals surface area contributed by atoms with Gasteiger partial charge in [-0.15, -0.1) is 6.42 Å². The van der Waals surface area contributed by atoms with E-state index in [1.807, 2.05) is 213 Å². The number of piperidine rings is 3. The van der Waals surface area contributed by atoms with Crippen LogP contribution >= 0.6 is 0 Å². The molecule has 0 unspecified atom stereocenters. The summed E-state index contributed by atoms with van der Waals surface area (Å²) >= 11 is 0. The number of nitrogens with zero attached hydrogens (tertiary/aromatic N) is 16. The molecule has 15 rings (SSSR count). The van der Waals surface area contributed by atoms with Gasteiger partial charge >= 0.3 is 0 Å². The van der Waals surface area contributed by atoms with Crippen LogP contribution in [0.25, 0.3) is 66.9 Å². The Morgan fingerprint density at radius 3 is 1.05 bits per heavy atom. The molecule has 0 bridgehead atoms. The summed E-state index contributed by atoms with van der Waals surface area (Å²) in [6, 6.07) is 52.4. The number of carbonyl (C=O) groups excluding carboxylic acids is 3. The molecule has 106 heavy (non-hydrogen) atoms. The molecule has 0 atom stereocenters. The summed E-state index contributed by atoms with van der Waals surface area (Å²) in [5.41, 5.74) is 25.8. The Morgan fingerprint density at radius 1 is 0.443 bits per heavy atom. The smallest absolute Gasteiger partial charge is 0.298 e. The van der Waals surface area contributed by atoms with Gasteiger partial charge in [-0.25, -0.2) is 43.9 Å². The van der Waals surface area contributed by atoms with E-state index in [-0.39, 0.29) is 35.8 Å². The Morgan fingerprint density at radius 2 is 0.745 bits per heavy atom. The normalized spacial score (nSPS) is 14.5. The molecule has 0 saturated carbocycles. The number of nitrogen functional groups attached to an aromatic ring is 3. The second kappa shape index (κ2) is 33.5. The average molecular weight is 1420 g/mol. The lowest BCUT2D eigenvalue weighted by molar-refractivity contribution is -0.128. The summed E-state index contributed by atoms with van der Waals surface area (Å²) in [5, 5.41) is 17.0. The molecule has 12 aromatic rings. The van der Waals surface area contributed by atoms with E-state index in [4.69, 9.17) is 57.9 Å². The summed E-state index contributed by atoms with van der Waals surface area (Å²) in [6.07, 6.45) is 21.1. The molecule has 3 aliphatic rings. The first kappa shape index (κ1) is 71.5. The SMILES string of the molecule is C#CC(=O)N1CCC(n2nc(-c3ccc(Oc4ccccc4)cc3)c3c(N)ncnc32)CC1.CN(C)C/C=C/C(=O)N1CCC(n2nc(-c3ccc(Oc4ccccc4)cc3)c3c(N)ncnc32)CC1.COC/C=C/C(=O)N1CCC(n2nc(-c3ccc(Oc4ccccc4)cc3)c3c(N)ncnc32)CC1. The maximum absolute atomic E-state index is 12.6. The van der Waals surface area contributed by atoms with Crippen molar-refractivity contribution < 1.29 is 33.3 Å². The molecule has 6 aromatic heterocycles. The van der Waals surface area contributed by atoms with Crippen molar-refractivity contribution in [1.29, 1.82) is 0 Å². The maximum Gasteiger partial charge on any atom is 0.298 e. The monoisotopic (exact) mass is 1420 g/mol. The standard InChI is InChI=1S/C28H31N7O2.C27H28N6O3.C25H22N6O2/c1-33(2)16-6-9-24(36)34-17-14-21(15-18-34)35-28-25(27(29)30-19-31-28)26(32-35)20-10-12-23(13-11-20)37-22-7-4-3-5-8-22;1-35-17-5-8-23(34)32-15-13-20(14-16-32)33-27-24(26(28)29-18-30-27)25(31-33)19-9-11-22(12-10-19)36-21-6-3-2-4-7-21;1-2-21(32)30-14-12-18(13-15-30)31-25-22(24(26)27-16-28-25)23(29-31)17-8-10-20(11-9-17)33-19-6-4-3-5-7-19/h3-13,19,21H,14-18H2,1-2H3,(H2,29,30,31);2-12,18,20H,13-17H2,1H3,(H2,28,29,30);1,3-11,16,18H,12-15H2,(H2,26,27,28)/b9-6+;8-5+;. The molecule has 9 heterocycles. The van der Waals surface area contributed by atoms with Crippen molar-refractivity contribution >= 4 is 68.3 Å². The molecule has 26 heteroatoms. The molecular formula is C80H81N19O7. The fraction of sp³-hybridized carbons (Fsp3) is 0.250. The van der Waals surface area contributed by atoms with Gasteiger partial charge in [0.1, 0.15) is 88.0 Å². The van der Waals surface area contributed by atoms with Crippen molar-refractivity contribution in [2.24, 2.45) is 0 Å². The number of carbonyl (C=O) groups is 3. The zero-order chi connectivity index (χ0) is 73.5. The second-order valence-electron chi connectivity index (χ2n) is 25.9. The Labute approximate surface area is 612 Å². The number of fused-ring (bicyclic) bond motifs is 3. The van der Waals surface area contributed by atoms with E-state index in [1.54, 1.807) is 30.2 Å². The molecule has 3 aliphatic heterocycles. The van der Waals surface area contributed by atoms with Gasteiger partial charge in [0, 0.05) is 81.8 Å². The minimum absolute atomic E-state index is 0.000827. The van der Waals surface area contributed by atoms with Gasteiger partial charge in [-0.1, -0.05) is 66.7 Å². The van der Waals surface area contributed by atoms with Crippen LogP contribution in [0.2, 0.25) is 0 Å². The number of terminal acetylenes is 1. The molecular weight excluding hydrogens is 1340 g/mol. The number of hydrogen-bond donors (Lipinski definition) is 3. The summed E-state index contributed by atoms with van der Waals surface area (Å²) in [7, 11) is 5.56. The highest BCUT2D eigenvalue weighted by Gasteiger charge is 2.31. The summed E-state index contributed by atoms with van der Waals surface area (Å²) in [4.78, 5) is 70.4. The van der Waals surface area contributed by atoms with E-state index in [0.717, 1.165) is 129 Å². The van der Waals surface area contributed by atoms with Gasteiger partial charge in [0.15, 0.2) is 16.9 Å². The molecule has 538 valence electrons. The van der Waals surface area contributed by atoms with E-state index in [1.165, 1.54) is 19.0 Å².